The molecule has 0 aliphatic carbocycles. The van der Waals surface area contributed by atoms with E-state index in [1.54, 1.807) is 0 Å². The summed E-state index contributed by atoms with van der Waals surface area (Å²) in [4.78, 5) is 2.48. The van der Waals surface area contributed by atoms with Gasteiger partial charge in [-0.1, -0.05) is 67.1 Å². The van der Waals surface area contributed by atoms with Gasteiger partial charge in [0, 0.05) is 5.92 Å². The van der Waals surface area contributed by atoms with Gasteiger partial charge in [-0.15, -0.1) is 0 Å². The zero-order chi connectivity index (χ0) is 16.6. The molecule has 24 heavy (non-hydrogen) atoms. The molecule has 2 aromatic carbocycles. The highest BCUT2D eigenvalue weighted by Gasteiger charge is 2.18. The van der Waals surface area contributed by atoms with Gasteiger partial charge in [-0.05, 0) is 56.3 Å². The Labute approximate surface area is 146 Å². The van der Waals surface area contributed by atoms with Gasteiger partial charge >= 0.3 is 0 Å². The normalized spacial score (nSPS) is 17.1. The number of likely N-dealkylation sites (tertiary alicyclic amines) is 1. The topological polar surface area (TPSA) is 29.3 Å². The van der Waals surface area contributed by atoms with Gasteiger partial charge < -0.3 is 5.73 Å². The number of rotatable bonds is 7. The van der Waals surface area contributed by atoms with Crippen LogP contribution in [0.1, 0.15) is 55.6 Å². The maximum Gasteiger partial charge on any atom is 0.0571 e. The predicted octanol–water partition coefficient (Wildman–Crippen LogP) is 4.76. The van der Waals surface area contributed by atoms with Crippen LogP contribution in [0.5, 0.6) is 0 Å². The monoisotopic (exact) mass is 322 g/mol. The molecule has 0 radical (unpaired) electrons. The first-order valence-corrected chi connectivity index (χ1v) is 9.44. The summed E-state index contributed by atoms with van der Waals surface area (Å²) in [5.74, 6) is 0.473. The van der Waals surface area contributed by atoms with Crippen molar-refractivity contribution in [2.45, 2.75) is 50.6 Å². The first-order chi connectivity index (χ1) is 11.8. The van der Waals surface area contributed by atoms with Gasteiger partial charge in [-0.25, -0.2) is 0 Å². The Bertz CT molecular complexity index is 536. The summed E-state index contributed by atoms with van der Waals surface area (Å²) in [6.07, 6.45) is 7.65. The summed E-state index contributed by atoms with van der Waals surface area (Å²) in [7, 11) is 0. The van der Waals surface area contributed by atoms with Crippen LogP contribution in [0.2, 0.25) is 0 Å². The molecule has 1 aliphatic rings. The molecule has 1 aliphatic heterocycles. The second-order valence-electron chi connectivity index (χ2n) is 6.97. The SMILES string of the molecule is NC(CCCC(c1ccccc1)c1ccccc1)N1CCCCC1. The van der Waals surface area contributed by atoms with E-state index >= 15 is 0 Å². The average Bonchev–Trinajstić information content (AvgIpc) is 2.67. The van der Waals surface area contributed by atoms with E-state index in [1.807, 2.05) is 0 Å². The van der Waals surface area contributed by atoms with Crippen LogP contribution >= 0.6 is 0 Å². The average molecular weight is 322 g/mol. The van der Waals surface area contributed by atoms with Crippen molar-refractivity contribution < 1.29 is 0 Å². The van der Waals surface area contributed by atoms with Gasteiger partial charge in [0.25, 0.3) is 0 Å². The lowest BCUT2D eigenvalue weighted by Crippen LogP contribution is -2.44. The van der Waals surface area contributed by atoms with E-state index in [1.165, 1.54) is 49.9 Å². The third-order valence-electron chi connectivity index (χ3n) is 5.26. The molecule has 1 unspecified atom stereocenters. The highest BCUT2D eigenvalue weighted by Crippen LogP contribution is 2.30. The van der Waals surface area contributed by atoms with Gasteiger partial charge in [-0.3, -0.25) is 4.90 Å². The molecule has 2 N–H and O–H groups in total. The zero-order valence-electron chi connectivity index (χ0n) is 14.6. The fourth-order valence-corrected chi connectivity index (χ4v) is 3.86. The third kappa shape index (κ3) is 4.68. The van der Waals surface area contributed by atoms with Crippen LogP contribution in [-0.4, -0.2) is 24.2 Å². The molecule has 2 heteroatoms. The van der Waals surface area contributed by atoms with Crippen LogP contribution in [0.3, 0.4) is 0 Å². The molecular weight excluding hydrogens is 292 g/mol. The van der Waals surface area contributed by atoms with E-state index < -0.39 is 0 Å². The second-order valence-corrected chi connectivity index (χ2v) is 6.97. The van der Waals surface area contributed by atoms with Crippen LogP contribution < -0.4 is 5.73 Å². The van der Waals surface area contributed by atoms with E-state index in [0.717, 1.165) is 12.8 Å². The van der Waals surface area contributed by atoms with Gasteiger partial charge in [0.05, 0.1) is 6.17 Å². The van der Waals surface area contributed by atoms with Gasteiger partial charge in [-0.2, -0.15) is 0 Å². The van der Waals surface area contributed by atoms with Gasteiger partial charge in [0.1, 0.15) is 0 Å². The van der Waals surface area contributed by atoms with Crippen molar-refractivity contribution in [3.05, 3.63) is 71.8 Å². The van der Waals surface area contributed by atoms with Crippen molar-refractivity contribution in [2.24, 2.45) is 5.73 Å². The molecule has 0 aromatic heterocycles. The minimum Gasteiger partial charge on any atom is -0.316 e. The van der Waals surface area contributed by atoms with E-state index in [9.17, 15) is 0 Å². The minimum absolute atomic E-state index is 0.234. The molecule has 128 valence electrons. The van der Waals surface area contributed by atoms with Crippen molar-refractivity contribution in [3.8, 4) is 0 Å². The molecule has 0 spiro atoms. The summed E-state index contributed by atoms with van der Waals surface area (Å²) in [5.41, 5.74) is 9.26. The molecule has 3 rings (SSSR count). The van der Waals surface area contributed by atoms with Crippen molar-refractivity contribution in [1.29, 1.82) is 0 Å². The molecule has 1 fully saturated rings. The van der Waals surface area contributed by atoms with Crippen LogP contribution in [-0.2, 0) is 0 Å². The molecule has 0 amide bonds. The summed E-state index contributed by atoms with van der Waals surface area (Å²) < 4.78 is 0. The van der Waals surface area contributed by atoms with Gasteiger partial charge in [0.2, 0.25) is 0 Å². The highest BCUT2D eigenvalue weighted by atomic mass is 15.2. The molecule has 1 atom stereocenters. The van der Waals surface area contributed by atoms with E-state index in [2.05, 4.69) is 65.6 Å². The standard InChI is InChI=1S/C22H30N2/c23-22(24-17-8-3-9-18-24)16-10-15-21(19-11-4-1-5-12-19)20-13-6-2-7-14-20/h1-2,4-7,11-14,21-22H,3,8-10,15-18,23H2. The maximum absolute atomic E-state index is 6.44. The molecule has 1 heterocycles. The number of piperidine rings is 1. The molecular formula is C22H30N2. The number of hydrogen-bond acceptors (Lipinski definition) is 2. The Hall–Kier alpha value is -1.64. The van der Waals surface area contributed by atoms with E-state index in [4.69, 9.17) is 5.73 Å². The Kier molecular flexibility index (Phi) is 6.45. The van der Waals surface area contributed by atoms with Gasteiger partial charge in [0.15, 0.2) is 0 Å². The quantitative estimate of drug-likeness (QED) is 0.796. The third-order valence-corrected chi connectivity index (χ3v) is 5.26. The number of benzene rings is 2. The highest BCUT2D eigenvalue weighted by molar-refractivity contribution is 5.32. The Morgan fingerprint density at radius 3 is 1.83 bits per heavy atom. The van der Waals surface area contributed by atoms with Crippen molar-refractivity contribution in [3.63, 3.8) is 0 Å². The van der Waals surface area contributed by atoms with Crippen LogP contribution in [0.4, 0.5) is 0 Å². The lowest BCUT2D eigenvalue weighted by molar-refractivity contribution is 0.156. The number of hydrogen-bond donors (Lipinski definition) is 1. The molecule has 2 aromatic rings. The zero-order valence-corrected chi connectivity index (χ0v) is 14.6. The lowest BCUT2D eigenvalue weighted by atomic mass is 9.87. The Morgan fingerprint density at radius 1 is 0.750 bits per heavy atom. The molecule has 2 nitrogen and oxygen atoms in total. The fourth-order valence-electron chi connectivity index (χ4n) is 3.86. The minimum atomic E-state index is 0.234. The van der Waals surface area contributed by atoms with Crippen molar-refractivity contribution in [2.75, 3.05) is 13.1 Å². The largest absolute Gasteiger partial charge is 0.316 e. The van der Waals surface area contributed by atoms with E-state index in [-0.39, 0.29) is 6.17 Å². The Morgan fingerprint density at radius 2 is 1.29 bits per heavy atom. The van der Waals surface area contributed by atoms with Crippen LogP contribution in [0, 0.1) is 0 Å². The van der Waals surface area contributed by atoms with Crippen molar-refractivity contribution in [1.82, 2.24) is 4.90 Å². The second kappa shape index (κ2) is 9.00. The Balaban J connectivity index is 1.60. The summed E-state index contributed by atoms with van der Waals surface area (Å²) >= 11 is 0. The first kappa shape index (κ1) is 17.2. The lowest BCUT2D eigenvalue weighted by Gasteiger charge is -2.32. The summed E-state index contributed by atoms with van der Waals surface area (Å²) in [6.45, 7) is 2.37. The van der Waals surface area contributed by atoms with Crippen molar-refractivity contribution >= 4 is 0 Å². The van der Waals surface area contributed by atoms with E-state index in [0.29, 0.717) is 5.92 Å². The number of nitrogens with two attached hydrogens (primary N) is 1. The molecule has 0 bridgehead atoms. The van der Waals surface area contributed by atoms with Crippen LogP contribution in [0.25, 0.3) is 0 Å². The summed E-state index contributed by atoms with van der Waals surface area (Å²) in [6, 6.07) is 21.8. The smallest absolute Gasteiger partial charge is 0.0571 e. The van der Waals surface area contributed by atoms with Crippen LogP contribution in [0.15, 0.2) is 60.7 Å². The number of nitrogens with zero attached hydrogens (tertiary/aromatic N) is 1. The summed E-state index contributed by atoms with van der Waals surface area (Å²) in [5, 5.41) is 0. The molecule has 1 saturated heterocycles. The predicted molar refractivity (Wildman–Crippen MR) is 102 cm³/mol. The maximum atomic E-state index is 6.44. The fraction of sp³-hybridized carbons (Fsp3) is 0.455. The molecule has 0 saturated carbocycles. The first-order valence-electron chi connectivity index (χ1n) is 9.44.